The van der Waals surface area contributed by atoms with Crippen molar-refractivity contribution in [3.63, 3.8) is 0 Å². The zero-order valence-corrected chi connectivity index (χ0v) is 10.9. The Balaban J connectivity index is 2.22. The maximum absolute atomic E-state index is 12.1. The third kappa shape index (κ3) is 3.14. The predicted octanol–water partition coefficient (Wildman–Crippen LogP) is 2.58. The van der Waals surface area contributed by atoms with E-state index in [2.05, 4.69) is 10.3 Å². The molecule has 0 aliphatic heterocycles. The quantitative estimate of drug-likeness (QED) is 0.904. The van der Waals surface area contributed by atoms with Gasteiger partial charge in [0.1, 0.15) is 11.6 Å². The lowest BCUT2D eigenvalue weighted by Gasteiger charge is -2.09. The highest BCUT2D eigenvalue weighted by Crippen LogP contribution is 2.24. The molecule has 6 heteroatoms. The number of methoxy groups -OCH3 is 1. The molecule has 2 rings (SSSR count). The van der Waals surface area contributed by atoms with Gasteiger partial charge in [-0.25, -0.2) is 4.98 Å². The third-order valence-electron chi connectivity index (χ3n) is 2.45. The van der Waals surface area contributed by atoms with Gasteiger partial charge in [-0.2, -0.15) is 0 Å². The van der Waals surface area contributed by atoms with Crippen LogP contribution >= 0.6 is 11.6 Å². The molecule has 1 heterocycles. The van der Waals surface area contributed by atoms with Crippen molar-refractivity contribution in [1.29, 1.82) is 0 Å². The van der Waals surface area contributed by atoms with Gasteiger partial charge in [0, 0.05) is 5.02 Å². The summed E-state index contributed by atoms with van der Waals surface area (Å²) in [7, 11) is 1.48. The van der Waals surface area contributed by atoms with Gasteiger partial charge in [0.05, 0.1) is 24.6 Å². The molecule has 0 fully saturated rings. The molecule has 0 atom stereocenters. The minimum absolute atomic E-state index is 0.305. The number of nitrogens with one attached hydrogen (secondary N) is 1. The van der Waals surface area contributed by atoms with Gasteiger partial charge >= 0.3 is 0 Å². The summed E-state index contributed by atoms with van der Waals surface area (Å²) in [5, 5.41) is 3.20. The van der Waals surface area contributed by atoms with E-state index in [4.69, 9.17) is 22.1 Å². The Morgan fingerprint density at radius 2 is 2.16 bits per heavy atom. The minimum atomic E-state index is -0.305. The number of ether oxygens (including phenoxy) is 1. The van der Waals surface area contributed by atoms with E-state index in [1.165, 1.54) is 13.3 Å². The van der Waals surface area contributed by atoms with Crippen molar-refractivity contribution in [2.24, 2.45) is 0 Å². The number of pyridine rings is 1. The second-order valence-electron chi connectivity index (χ2n) is 3.77. The number of nitrogens with two attached hydrogens (primary N) is 1. The van der Waals surface area contributed by atoms with Crippen molar-refractivity contribution in [2.45, 2.75) is 0 Å². The minimum Gasteiger partial charge on any atom is -0.496 e. The van der Waals surface area contributed by atoms with Gasteiger partial charge in [0.2, 0.25) is 0 Å². The van der Waals surface area contributed by atoms with Gasteiger partial charge < -0.3 is 15.8 Å². The third-order valence-corrected chi connectivity index (χ3v) is 2.69. The van der Waals surface area contributed by atoms with E-state index in [-0.39, 0.29) is 5.91 Å². The van der Waals surface area contributed by atoms with Crippen molar-refractivity contribution in [2.75, 3.05) is 18.2 Å². The number of nitrogen functional groups attached to an aromatic ring is 1. The normalized spacial score (nSPS) is 10.0. The summed E-state index contributed by atoms with van der Waals surface area (Å²) in [6, 6.07) is 8.08. The fourth-order valence-corrected chi connectivity index (χ4v) is 1.69. The first-order chi connectivity index (χ1) is 9.10. The summed E-state index contributed by atoms with van der Waals surface area (Å²) in [5.74, 6) is 0.496. The summed E-state index contributed by atoms with van der Waals surface area (Å²) in [6.07, 6.45) is 1.48. The molecular weight excluding hydrogens is 266 g/mol. The number of carbonyl (C=O) groups excluding carboxylic acids is 1. The lowest BCUT2D eigenvalue weighted by molar-refractivity contribution is 0.102. The zero-order chi connectivity index (χ0) is 13.8. The molecule has 0 radical (unpaired) electrons. The number of benzene rings is 1. The Morgan fingerprint density at radius 3 is 2.79 bits per heavy atom. The Morgan fingerprint density at radius 1 is 1.37 bits per heavy atom. The maximum Gasteiger partial charge on any atom is 0.259 e. The van der Waals surface area contributed by atoms with E-state index < -0.39 is 0 Å². The average Bonchev–Trinajstić information content (AvgIpc) is 2.41. The molecule has 1 aromatic carbocycles. The molecule has 2 aromatic rings. The Labute approximate surface area is 115 Å². The molecule has 0 unspecified atom stereocenters. The first-order valence-corrected chi connectivity index (χ1v) is 5.84. The summed E-state index contributed by atoms with van der Waals surface area (Å²) in [6.45, 7) is 0. The van der Waals surface area contributed by atoms with Crippen LogP contribution in [-0.2, 0) is 0 Å². The van der Waals surface area contributed by atoms with Crippen molar-refractivity contribution in [3.05, 3.63) is 47.1 Å². The lowest BCUT2D eigenvalue weighted by atomic mass is 10.2. The summed E-state index contributed by atoms with van der Waals surface area (Å²) in [4.78, 5) is 16.0. The Hall–Kier alpha value is -2.27. The molecule has 0 bridgehead atoms. The molecule has 0 saturated carbocycles. The largest absolute Gasteiger partial charge is 0.496 e. The molecule has 1 amide bonds. The molecule has 98 valence electrons. The van der Waals surface area contributed by atoms with Crippen LogP contribution in [0.25, 0.3) is 0 Å². The SMILES string of the molecule is COc1cc(Cl)ccc1C(=O)Nc1ccc(N)nc1. The highest BCUT2D eigenvalue weighted by Gasteiger charge is 2.12. The van der Waals surface area contributed by atoms with Crippen LogP contribution in [0.15, 0.2) is 36.5 Å². The molecule has 1 aromatic heterocycles. The average molecular weight is 278 g/mol. The number of nitrogens with zero attached hydrogens (tertiary/aromatic N) is 1. The predicted molar refractivity (Wildman–Crippen MR) is 74.6 cm³/mol. The van der Waals surface area contributed by atoms with E-state index in [1.54, 1.807) is 30.3 Å². The van der Waals surface area contributed by atoms with Crippen LogP contribution in [0.4, 0.5) is 11.5 Å². The summed E-state index contributed by atoms with van der Waals surface area (Å²) in [5.41, 5.74) is 6.42. The van der Waals surface area contributed by atoms with Gasteiger partial charge in [-0.05, 0) is 30.3 Å². The van der Waals surface area contributed by atoms with E-state index in [0.717, 1.165) is 0 Å². The highest BCUT2D eigenvalue weighted by molar-refractivity contribution is 6.31. The number of amides is 1. The Bertz CT molecular complexity index is 599. The fraction of sp³-hybridized carbons (Fsp3) is 0.0769. The first-order valence-electron chi connectivity index (χ1n) is 5.46. The molecule has 5 nitrogen and oxygen atoms in total. The van der Waals surface area contributed by atoms with Crippen LogP contribution in [-0.4, -0.2) is 18.0 Å². The molecule has 19 heavy (non-hydrogen) atoms. The van der Waals surface area contributed by atoms with Crippen LogP contribution in [0, 0.1) is 0 Å². The van der Waals surface area contributed by atoms with Gasteiger partial charge in [0.15, 0.2) is 0 Å². The molecule has 0 aliphatic rings. The first kappa shape index (κ1) is 13.2. The number of halogens is 1. The molecule has 0 saturated heterocycles. The summed E-state index contributed by atoms with van der Waals surface area (Å²) < 4.78 is 5.12. The fourth-order valence-electron chi connectivity index (χ4n) is 1.53. The standard InChI is InChI=1S/C13H12ClN3O2/c1-19-11-6-8(14)2-4-10(11)13(18)17-9-3-5-12(15)16-7-9/h2-7H,1H3,(H2,15,16)(H,17,18). The number of hydrogen-bond acceptors (Lipinski definition) is 4. The molecular formula is C13H12ClN3O2. The van der Waals surface area contributed by atoms with Gasteiger partial charge in [-0.3, -0.25) is 4.79 Å². The van der Waals surface area contributed by atoms with Gasteiger partial charge in [-0.15, -0.1) is 0 Å². The van der Waals surface area contributed by atoms with E-state index in [1.807, 2.05) is 0 Å². The number of carbonyl (C=O) groups is 1. The second-order valence-corrected chi connectivity index (χ2v) is 4.21. The highest BCUT2D eigenvalue weighted by atomic mass is 35.5. The van der Waals surface area contributed by atoms with E-state index in [9.17, 15) is 4.79 Å². The molecule has 3 N–H and O–H groups in total. The number of rotatable bonds is 3. The smallest absolute Gasteiger partial charge is 0.259 e. The van der Waals surface area contributed by atoms with Crippen LogP contribution < -0.4 is 15.8 Å². The van der Waals surface area contributed by atoms with Crippen molar-refractivity contribution in [1.82, 2.24) is 4.98 Å². The topological polar surface area (TPSA) is 77.2 Å². The van der Waals surface area contributed by atoms with Crippen molar-refractivity contribution < 1.29 is 9.53 Å². The second kappa shape index (κ2) is 5.58. The number of hydrogen-bond donors (Lipinski definition) is 2. The number of aromatic nitrogens is 1. The Kier molecular flexibility index (Phi) is 3.87. The summed E-state index contributed by atoms with van der Waals surface area (Å²) >= 11 is 5.84. The lowest BCUT2D eigenvalue weighted by Crippen LogP contribution is -2.13. The van der Waals surface area contributed by atoms with E-state index in [0.29, 0.717) is 27.8 Å². The molecule has 0 spiro atoms. The van der Waals surface area contributed by atoms with Crippen molar-refractivity contribution in [3.8, 4) is 5.75 Å². The van der Waals surface area contributed by atoms with Crippen LogP contribution in [0.2, 0.25) is 5.02 Å². The van der Waals surface area contributed by atoms with Crippen molar-refractivity contribution >= 4 is 29.0 Å². The van der Waals surface area contributed by atoms with E-state index >= 15 is 0 Å². The van der Waals surface area contributed by atoms with Gasteiger partial charge in [-0.1, -0.05) is 11.6 Å². The zero-order valence-electron chi connectivity index (χ0n) is 10.2. The van der Waals surface area contributed by atoms with Crippen LogP contribution in [0.1, 0.15) is 10.4 Å². The monoisotopic (exact) mass is 277 g/mol. The van der Waals surface area contributed by atoms with Crippen LogP contribution in [0.3, 0.4) is 0 Å². The van der Waals surface area contributed by atoms with Crippen LogP contribution in [0.5, 0.6) is 5.75 Å². The van der Waals surface area contributed by atoms with Gasteiger partial charge in [0.25, 0.3) is 5.91 Å². The maximum atomic E-state index is 12.1. The number of anilines is 2. The molecule has 0 aliphatic carbocycles.